The second kappa shape index (κ2) is 5.68. The summed E-state index contributed by atoms with van der Waals surface area (Å²) in [6.45, 7) is 2.48. The van der Waals surface area contributed by atoms with Crippen LogP contribution in [0.1, 0.15) is 36.4 Å². The maximum Gasteiger partial charge on any atom is 0.132 e. The first-order valence-corrected chi connectivity index (χ1v) is 7.93. The van der Waals surface area contributed by atoms with Gasteiger partial charge < -0.3 is 9.64 Å². The minimum atomic E-state index is 0.418. The molecule has 0 aromatic carbocycles. The third-order valence-electron chi connectivity index (χ3n) is 4.41. The van der Waals surface area contributed by atoms with Gasteiger partial charge in [0.15, 0.2) is 0 Å². The summed E-state index contributed by atoms with van der Waals surface area (Å²) in [7, 11) is 1.95. The first-order valence-electron chi connectivity index (χ1n) is 7.93. The van der Waals surface area contributed by atoms with Crippen LogP contribution in [0.15, 0.2) is 24.8 Å². The second-order valence-corrected chi connectivity index (χ2v) is 6.24. The lowest BCUT2D eigenvalue weighted by Crippen LogP contribution is -2.26. The van der Waals surface area contributed by atoms with E-state index in [0.717, 1.165) is 37.7 Å². The molecule has 0 spiro atoms. The van der Waals surface area contributed by atoms with Crippen LogP contribution in [0, 0.1) is 0 Å². The van der Waals surface area contributed by atoms with Gasteiger partial charge in [0.05, 0.1) is 18.5 Å². The zero-order valence-electron chi connectivity index (χ0n) is 12.9. The summed E-state index contributed by atoms with van der Waals surface area (Å²) < 4.78 is 7.33. The van der Waals surface area contributed by atoms with Gasteiger partial charge >= 0.3 is 0 Å². The fourth-order valence-corrected chi connectivity index (χ4v) is 3.04. The molecule has 2 aromatic rings. The van der Waals surface area contributed by atoms with E-state index in [-0.39, 0.29) is 0 Å². The topological polar surface area (TPSA) is 56.1 Å². The molecule has 0 bridgehead atoms. The van der Waals surface area contributed by atoms with Gasteiger partial charge in [-0.1, -0.05) is 0 Å². The van der Waals surface area contributed by atoms with E-state index in [4.69, 9.17) is 4.74 Å². The molecule has 3 heterocycles. The third kappa shape index (κ3) is 2.83. The first kappa shape index (κ1) is 13.7. The number of ether oxygens (including phenoxy) is 1. The highest BCUT2D eigenvalue weighted by Crippen LogP contribution is 2.33. The van der Waals surface area contributed by atoms with Crippen LogP contribution in [0.5, 0.6) is 0 Å². The number of rotatable bonds is 5. The van der Waals surface area contributed by atoms with Crippen molar-refractivity contribution < 1.29 is 4.74 Å². The summed E-state index contributed by atoms with van der Waals surface area (Å²) in [6.07, 6.45) is 9.24. The van der Waals surface area contributed by atoms with Crippen molar-refractivity contribution in [1.29, 1.82) is 0 Å². The summed E-state index contributed by atoms with van der Waals surface area (Å²) in [4.78, 5) is 11.4. The Morgan fingerprint density at radius 3 is 2.91 bits per heavy atom. The molecule has 2 aromatic heterocycles. The van der Waals surface area contributed by atoms with Gasteiger partial charge in [0.1, 0.15) is 12.1 Å². The largest absolute Gasteiger partial charge is 0.381 e. The summed E-state index contributed by atoms with van der Waals surface area (Å²) in [6, 6.07) is 2.75. The van der Waals surface area contributed by atoms with Gasteiger partial charge in [0.2, 0.25) is 0 Å². The van der Waals surface area contributed by atoms with Gasteiger partial charge in [0, 0.05) is 50.0 Å². The zero-order chi connectivity index (χ0) is 14.9. The lowest BCUT2D eigenvalue weighted by molar-refractivity contribution is 0.193. The zero-order valence-corrected chi connectivity index (χ0v) is 12.9. The Balaban J connectivity index is 1.58. The van der Waals surface area contributed by atoms with E-state index in [1.807, 2.05) is 17.9 Å². The Morgan fingerprint density at radius 2 is 2.23 bits per heavy atom. The molecular weight excluding hydrogens is 278 g/mol. The fraction of sp³-hybridized carbons (Fsp3) is 0.562. The van der Waals surface area contributed by atoms with Crippen LogP contribution in [0.2, 0.25) is 0 Å². The Kier molecular flexibility index (Phi) is 3.54. The van der Waals surface area contributed by atoms with Gasteiger partial charge in [0.25, 0.3) is 0 Å². The first-order chi connectivity index (χ1) is 10.8. The molecule has 116 valence electrons. The average molecular weight is 299 g/mol. The number of hydrogen-bond acceptors (Lipinski definition) is 5. The Labute approximate surface area is 130 Å². The molecule has 0 amide bonds. The van der Waals surface area contributed by atoms with E-state index in [1.54, 1.807) is 6.33 Å². The fourth-order valence-electron chi connectivity index (χ4n) is 3.04. The molecule has 2 fully saturated rings. The normalized spacial score (nSPS) is 21.2. The molecule has 1 saturated carbocycles. The van der Waals surface area contributed by atoms with Crippen molar-refractivity contribution in [3.63, 3.8) is 0 Å². The molecule has 0 radical (unpaired) electrons. The number of nitrogens with zero attached hydrogens (tertiary/aromatic N) is 5. The molecule has 6 heteroatoms. The lowest BCUT2D eigenvalue weighted by atomic mass is 10.0. The summed E-state index contributed by atoms with van der Waals surface area (Å²) in [5.41, 5.74) is 2.33. The van der Waals surface area contributed by atoms with Crippen LogP contribution < -0.4 is 4.90 Å². The lowest BCUT2D eigenvalue weighted by Gasteiger charge is -2.23. The van der Waals surface area contributed by atoms with Gasteiger partial charge in [-0.2, -0.15) is 5.10 Å². The molecule has 1 saturated heterocycles. The Hall–Kier alpha value is -1.95. The van der Waals surface area contributed by atoms with Gasteiger partial charge in [-0.3, -0.25) is 4.68 Å². The standard InChI is InChI=1S/C16H21N5O/c1-20-8-12(7-19-20)9-21(14-2-3-14)16-6-15(17-11-18-16)13-4-5-22-10-13/h6-8,11,13-14H,2-5,9-10H2,1H3/t13-/m0/s1. The summed E-state index contributed by atoms with van der Waals surface area (Å²) in [5, 5.41) is 4.26. The molecule has 6 nitrogen and oxygen atoms in total. The minimum absolute atomic E-state index is 0.418. The average Bonchev–Trinajstić information content (AvgIpc) is 3.06. The summed E-state index contributed by atoms with van der Waals surface area (Å²) in [5.74, 6) is 1.45. The van der Waals surface area contributed by atoms with E-state index in [2.05, 4.69) is 32.2 Å². The second-order valence-electron chi connectivity index (χ2n) is 6.24. The van der Waals surface area contributed by atoms with Crippen LogP contribution in [-0.4, -0.2) is 39.0 Å². The maximum absolute atomic E-state index is 5.49. The maximum atomic E-state index is 5.49. The van der Waals surface area contributed by atoms with Crippen molar-refractivity contribution >= 4 is 5.82 Å². The van der Waals surface area contributed by atoms with Gasteiger partial charge in [-0.05, 0) is 19.3 Å². The highest BCUT2D eigenvalue weighted by Gasteiger charge is 2.31. The molecule has 0 unspecified atom stereocenters. The highest BCUT2D eigenvalue weighted by atomic mass is 16.5. The SMILES string of the molecule is Cn1cc(CN(c2cc([C@H]3CCOC3)ncn2)C2CC2)cn1. The predicted molar refractivity (Wildman–Crippen MR) is 82.6 cm³/mol. The molecule has 1 aliphatic heterocycles. The van der Waals surface area contributed by atoms with Crippen molar-refractivity contribution in [3.8, 4) is 0 Å². The van der Waals surface area contributed by atoms with Crippen LogP contribution in [0.25, 0.3) is 0 Å². The molecule has 1 atom stereocenters. The van der Waals surface area contributed by atoms with Crippen LogP contribution in [-0.2, 0) is 18.3 Å². The number of aromatic nitrogens is 4. The number of anilines is 1. The molecule has 22 heavy (non-hydrogen) atoms. The van der Waals surface area contributed by atoms with Crippen molar-refractivity contribution in [1.82, 2.24) is 19.7 Å². The van der Waals surface area contributed by atoms with Crippen molar-refractivity contribution in [2.75, 3.05) is 18.1 Å². The monoisotopic (exact) mass is 299 g/mol. The quantitative estimate of drug-likeness (QED) is 0.844. The molecule has 2 aliphatic rings. The van der Waals surface area contributed by atoms with Gasteiger partial charge in [-0.15, -0.1) is 0 Å². The number of aryl methyl sites for hydroxylation is 1. The van der Waals surface area contributed by atoms with Crippen LogP contribution in [0.4, 0.5) is 5.82 Å². The minimum Gasteiger partial charge on any atom is -0.381 e. The van der Waals surface area contributed by atoms with Crippen molar-refractivity contribution in [3.05, 3.63) is 36.0 Å². The smallest absolute Gasteiger partial charge is 0.132 e. The highest BCUT2D eigenvalue weighted by molar-refractivity contribution is 5.43. The Bertz CT molecular complexity index is 645. The molecule has 1 aliphatic carbocycles. The molecule has 0 N–H and O–H groups in total. The van der Waals surface area contributed by atoms with Crippen molar-refractivity contribution in [2.24, 2.45) is 7.05 Å². The van der Waals surface area contributed by atoms with E-state index < -0.39 is 0 Å². The van der Waals surface area contributed by atoms with Crippen LogP contribution >= 0.6 is 0 Å². The van der Waals surface area contributed by atoms with E-state index in [9.17, 15) is 0 Å². The predicted octanol–water partition coefficient (Wildman–Crippen LogP) is 1.88. The van der Waals surface area contributed by atoms with Crippen molar-refractivity contribution in [2.45, 2.75) is 37.8 Å². The van der Waals surface area contributed by atoms with Crippen LogP contribution in [0.3, 0.4) is 0 Å². The van der Waals surface area contributed by atoms with E-state index in [0.29, 0.717) is 12.0 Å². The van der Waals surface area contributed by atoms with E-state index >= 15 is 0 Å². The Morgan fingerprint density at radius 1 is 1.32 bits per heavy atom. The van der Waals surface area contributed by atoms with E-state index in [1.165, 1.54) is 18.4 Å². The number of hydrogen-bond donors (Lipinski definition) is 0. The summed E-state index contributed by atoms with van der Waals surface area (Å²) >= 11 is 0. The third-order valence-corrected chi connectivity index (χ3v) is 4.41. The molecular formula is C16H21N5O. The van der Waals surface area contributed by atoms with Gasteiger partial charge in [-0.25, -0.2) is 9.97 Å². The molecule has 4 rings (SSSR count).